The van der Waals surface area contributed by atoms with E-state index in [4.69, 9.17) is 4.74 Å². The second-order valence-electron chi connectivity index (χ2n) is 7.92. The lowest BCUT2D eigenvalue weighted by atomic mass is 10.2. The second-order valence-corrected chi connectivity index (χ2v) is 8.87. The predicted molar refractivity (Wildman–Crippen MR) is 120 cm³/mol. The molecule has 9 heteroatoms. The number of rotatable bonds is 10. The number of carbonyl (C=O) groups is 1. The van der Waals surface area contributed by atoms with Crippen molar-refractivity contribution in [3.63, 3.8) is 0 Å². The minimum Gasteiger partial charge on any atom is -0.374 e. The molecule has 2 aromatic rings. The maximum atomic E-state index is 14.2. The third kappa shape index (κ3) is 6.62. The molecule has 1 N–H and O–H groups in total. The first-order valence-corrected chi connectivity index (χ1v) is 11.5. The number of amides is 1. The Morgan fingerprint density at radius 3 is 2.97 bits per heavy atom. The van der Waals surface area contributed by atoms with Gasteiger partial charge in [0.2, 0.25) is 5.91 Å². The summed E-state index contributed by atoms with van der Waals surface area (Å²) >= 11 is 1.27. The molecule has 0 spiro atoms. The fourth-order valence-corrected chi connectivity index (χ4v) is 4.30. The van der Waals surface area contributed by atoms with Crippen LogP contribution in [-0.4, -0.2) is 70.2 Å². The molecule has 31 heavy (non-hydrogen) atoms. The van der Waals surface area contributed by atoms with Crippen LogP contribution < -0.4 is 5.32 Å². The highest BCUT2D eigenvalue weighted by molar-refractivity contribution is 7.99. The topological polar surface area (TPSA) is 72.3 Å². The first kappa shape index (κ1) is 23.4. The van der Waals surface area contributed by atoms with Gasteiger partial charge in [0.25, 0.3) is 0 Å². The molecule has 7 nitrogen and oxygen atoms in total. The van der Waals surface area contributed by atoms with Gasteiger partial charge in [-0.1, -0.05) is 43.8 Å². The minimum atomic E-state index is -0.367. The molecular formula is C22H30FN5O2S. The molecule has 1 unspecified atom stereocenters. The molecule has 1 atom stereocenters. The molecule has 168 valence electrons. The molecule has 0 radical (unpaired) electrons. The van der Waals surface area contributed by atoms with E-state index in [2.05, 4.69) is 40.8 Å². The van der Waals surface area contributed by atoms with Crippen LogP contribution in [0.1, 0.15) is 13.8 Å². The Bertz CT molecular complexity index is 889. The lowest BCUT2D eigenvalue weighted by Crippen LogP contribution is -2.48. The fraction of sp³-hybridized carbons (Fsp3) is 0.500. The van der Waals surface area contributed by atoms with Gasteiger partial charge in [0.15, 0.2) is 11.0 Å². The summed E-state index contributed by atoms with van der Waals surface area (Å²) in [6.45, 7) is 12.5. The van der Waals surface area contributed by atoms with E-state index in [1.54, 1.807) is 28.8 Å². The molecular weight excluding hydrogens is 417 g/mol. The predicted octanol–water partition coefficient (Wildman–Crippen LogP) is 2.84. The second kappa shape index (κ2) is 11.4. The van der Waals surface area contributed by atoms with Crippen molar-refractivity contribution in [2.75, 3.05) is 38.5 Å². The Balaban J connectivity index is 1.54. The van der Waals surface area contributed by atoms with Gasteiger partial charge in [-0.25, -0.2) is 4.39 Å². The van der Waals surface area contributed by atoms with Crippen LogP contribution in [0.15, 0.2) is 42.1 Å². The van der Waals surface area contributed by atoms with Crippen LogP contribution in [-0.2, 0) is 16.1 Å². The number of halogens is 1. The molecule has 0 bridgehead atoms. The Hall–Kier alpha value is -2.23. The molecule has 1 aromatic heterocycles. The summed E-state index contributed by atoms with van der Waals surface area (Å²) in [7, 11) is 0. The van der Waals surface area contributed by atoms with Gasteiger partial charge in [0.1, 0.15) is 5.82 Å². The highest BCUT2D eigenvalue weighted by Gasteiger charge is 2.22. The molecule has 1 aromatic carbocycles. The highest BCUT2D eigenvalue weighted by atomic mass is 32.2. The lowest BCUT2D eigenvalue weighted by molar-refractivity contribution is -0.119. The van der Waals surface area contributed by atoms with Gasteiger partial charge in [0.05, 0.1) is 24.0 Å². The van der Waals surface area contributed by atoms with Crippen LogP contribution >= 0.6 is 11.8 Å². The van der Waals surface area contributed by atoms with Crippen molar-refractivity contribution in [2.45, 2.75) is 31.7 Å². The van der Waals surface area contributed by atoms with Crippen LogP contribution in [0.25, 0.3) is 11.4 Å². The summed E-state index contributed by atoms with van der Waals surface area (Å²) in [6.07, 6.45) is 1.69. The SMILES string of the molecule is C=CCn1c(SCC(=O)NCC2CN(CC(C)C)CCO2)nnc1-c1ccccc1F. The summed E-state index contributed by atoms with van der Waals surface area (Å²) in [6, 6.07) is 6.43. The van der Waals surface area contributed by atoms with E-state index in [1.165, 1.54) is 17.8 Å². The fourth-order valence-electron chi connectivity index (χ4n) is 3.53. The van der Waals surface area contributed by atoms with Crippen molar-refractivity contribution in [2.24, 2.45) is 5.92 Å². The van der Waals surface area contributed by atoms with E-state index in [1.807, 2.05) is 0 Å². The molecule has 0 saturated carbocycles. The quantitative estimate of drug-likeness (QED) is 0.446. The summed E-state index contributed by atoms with van der Waals surface area (Å²) in [4.78, 5) is 14.8. The number of hydrogen-bond donors (Lipinski definition) is 1. The van der Waals surface area contributed by atoms with Crippen molar-refractivity contribution in [1.82, 2.24) is 25.0 Å². The van der Waals surface area contributed by atoms with Crippen molar-refractivity contribution in [1.29, 1.82) is 0 Å². The Morgan fingerprint density at radius 2 is 2.23 bits per heavy atom. The summed E-state index contributed by atoms with van der Waals surface area (Å²) in [5, 5.41) is 11.8. The van der Waals surface area contributed by atoms with Gasteiger partial charge in [-0.05, 0) is 18.1 Å². The molecule has 1 aliphatic heterocycles. The Morgan fingerprint density at radius 1 is 1.42 bits per heavy atom. The van der Waals surface area contributed by atoms with Gasteiger partial charge >= 0.3 is 0 Å². The molecule has 3 rings (SSSR count). The third-order valence-electron chi connectivity index (χ3n) is 4.85. The third-order valence-corrected chi connectivity index (χ3v) is 5.82. The number of morpholine rings is 1. The first-order valence-electron chi connectivity index (χ1n) is 10.5. The van der Waals surface area contributed by atoms with E-state index >= 15 is 0 Å². The van der Waals surface area contributed by atoms with Crippen molar-refractivity contribution < 1.29 is 13.9 Å². The van der Waals surface area contributed by atoms with Crippen LogP contribution in [0.3, 0.4) is 0 Å². The average Bonchev–Trinajstić information content (AvgIpc) is 3.13. The van der Waals surface area contributed by atoms with E-state index in [0.29, 0.717) is 42.2 Å². The van der Waals surface area contributed by atoms with Gasteiger partial charge in [-0.3, -0.25) is 14.3 Å². The van der Waals surface area contributed by atoms with Gasteiger partial charge in [0, 0.05) is 32.7 Å². The number of thioether (sulfide) groups is 1. The van der Waals surface area contributed by atoms with Gasteiger partial charge in [-0.2, -0.15) is 0 Å². The highest BCUT2D eigenvalue weighted by Crippen LogP contribution is 2.25. The van der Waals surface area contributed by atoms with Crippen LogP contribution in [0.4, 0.5) is 4.39 Å². The van der Waals surface area contributed by atoms with E-state index < -0.39 is 0 Å². The van der Waals surface area contributed by atoms with E-state index in [-0.39, 0.29) is 23.6 Å². The zero-order valence-electron chi connectivity index (χ0n) is 18.1. The number of allylic oxidation sites excluding steroid dienone is 1. The van der Waals surface area contributed by atoms with Gasteiger partial charge in [-0.15, -0.1) is 16.8 Å². The van der Waals surface area contributed by atoms with E-state index in [9.17, 15) is 9.18 Å². The maximum absolute atomic E-state index is 14.2. The number of hydrogen-bond acceptors (Lipinski definition) is 6. The molecule has 1 amide bonds. The minimum absolute atomic E-state index is 0.00136. The maximum Gasteiger partial charge on any atom is 0.230 e. The van der Waals surface area contributed by atoms with Crippen LogP contribution in [0.5, 0.6) is 0 Å². The van der Waals surface area contributed by atoms with Crippen LogP contribution in [0, 0.1) is 11.7 Å². The normalized spacial score (nSPS) is 17.1. The largest absolute Gasteiger partial charge is 0.374 e. The lowest BCUT2D eigenvalue weighted by Gasteiger charge is -2.33. The van der Waals surface area contributed by atoms with E-state index in [0.717, 1.165) is 19.6 Å². The average molecular weight is 448 g/mol. The van der Waals surface area contributed by atoms with Gasteiger partial charge < -0.3 is 10.1 Å². The Kier molecular flexibility index (Phi) is 8.62. The molecule has 1 saturated heterocycles. The smallest absolute Gasteiger partial charge is 0.230 e. The summed E-state index contributed by atoms with van der Waals surface area (Å²) in [5.41, 5.74) is 0.369. The van der Waals surface area contributed by atoms with Crippen molar-refractivity contribution in [3.8, 4) is 11.4 Å². The zero-order chi connectivity index (χ0) is 22.2. The standard InChI is InChI=1S/C22H30FN5O2S/c1-4-9-28-21(18-7-5-6-8-19(18)23)25-26-22(28)31-15-20(29)24-12-17-14-27(10-11-30-17)13-16(2)3/h4-8,16-17H,1,9-15H2,2-3H3,(H,24,29). The van der Waals surface area contributed by atoms with Crippen LogP contribution in [0.2, 0.25) is 0 Å². The molecule has 1 fully saturated rings. The van der Waals surface area contributed by atoms with Crippen molar-refractivity contribution >= 4 is 17.7 Å². The first-order chi connectivity index (χ1) is 15.0. The zero-order valence-corrected chi connectivity index (χ0v) is 18.9. The number of nitrogens with one attached hydrogen (secondary N) is 1. The summed E-state index contributed by atoms with van der Waals surface area (Å²) < 4.78 is 21.7. The number of carbonyl (C=O) groups excluding carboxylic acids is 1. The number of ether oxygens (including phenoxy) is 1. The number of benzene rings is 1. The summed E-state index contributed by atoms with van der Waals surface area (Å²) in [5.74, 6) is 0.743. The Labute approximate surface area is 187 Å². The number of aromatic nitrogens is 3. The molecule has 1 aliphatic rings. The molecule has 0 aliphatic carbocycles. The monoisotopic (exact) mass is 447 g/mol. The van der Waals surface area contributed by atoms with Crippen molar-refractivity contribution in [3.05, 3.63) is 42.7 Å². The molecule has 2 heterocycles. The number of nitrogens with zero attached hydrogens (tertiary/aromatic N) is 4.